The summed E-state index contributed by atoms with van der Waals surface area (Å²) in [5.74, 6) is -0.00716. The van der Waals surface area contributed by atoms with Crippen LogP contribution in [0.3, 0.4) is 0 Å². The summed E-state index contributed by atoms with van der Waals surface area (Å²) in [6.45, 7) is 2.18. The number of hydrogen-bond acceptors (Lipinski definition) is 8. The highest BCUT2D eigenvalue weighted by Crippen LogP contribution is 2.38. The summed E-state index contributed by atoms with van der Waals surface area (Å²) in [5, 5.41) is 1.92. The molecule has 0 radical (unpaired) electrons. The Labute approximate surface area is 205 Å². The number of piperidine rings is 1. The predicted octanol–water partition coefficient (Wildman–Crippen LogP) is 2.75. The van der Waals surface area contributed by atoms with E-state index in [1.165, 1.54) is 24.1 Å². The molecular weight excluding hydrogens is 472 g/mol. The van der Waals surface area contributed by atoms with Crippen LogP contribution in [0.5, 0.6) is 5.75 Å². The number of nitrogens with one attached hydrogen (secondary N) is 1. The van der Waals surface area contributed by atoms with Gasteiger partial charge in [0.25, 0.3) is 0 Å². The zero-order valence-electron chi connectivity index (χ0n) is 19.8. The van der Waals surface area contributed by atoms with Gasteiger partial charge in [0.15, 0.2) is 5.37 Å². The van der Waals surface area contributed by atoms with Gasteiger partial charge in [-0.1, -0.05) is 30.3 Å². The summed E-state index contributed by atoms with van der Waals surface area (Å²) in [4.78, 5) is 26.9. The minimum absolute atomic E-state index is 0.0262. The molecule has 2 aliphatic heterocycles. The predicted molar refractivity (Wildman–Crippen MR) is 127 cm³/mol. The summed E-state index contributed by atoms with van der Waals surface area (Å²) in [5.41, 5.74) is 0.798. The van der Waals surface area contributed by atoms with E-state index in [1.54, 1.807) is 19.1 Å². The molecule has 1 amide bonds. The minimum atomic E-state index is -4.02. The molecule has 2 aromatic carbocycles. The van der Waals surface area contributed by atoms with E-state index in [0.717, 1.165) is 5.56 Å². The van der Waals surface area contributed by atoms with E-state index in [0.29, 0.717) is 18.6 Å². The molecule has 0 aromatic heterocycles. The molecule has 2 fully saturated rings. The third kappa shape index (κ3) is 5.28. The smallest absolute Gasteiger partial charge is 0.411 e. The molecule has 0 bridgehead atoms. The zero-order valence-corrected chi connectivity index (χ0v) is 20.6. The Bertz CT molecular complexity index is 1140. The molecule has 188 valence electrons. The van der Waals surface area contributed by atoms with Gasteiger partial charge in [-0.25, -0.2) is 13.2 Å². The molecule has 0 spiro atoms. The quantitative estimate of drug-likeness (QED) is 0.576. The van der Waals surface area contributed by atoms with Crippen molar-refractivity contribution >= 4 is 21.9 Å². The first-order valence-electron chi connectivity index (χ1n) is 11.6. The number of fused-ring (bicyclic) bond motifs is 1. The van der Waals surface area contributed by atoms with Gasteiger partial charge >= 0.3 is 12.1 Å². The van der Waals surface area contributed by atoms with E-state index < -0.39 is 39.4 Å². The number of benzene rings is 2. The number of ether oxygens (including phenoxy) is 3. The van der Waals surface area contributed by atoms with E-state index in [4.69, 9.17) is 14.2 Å². The Hall–Kier alpha value is -3.11. The molecule has 1 N–H and O–H groups in total. The topological polar surface area (TPSA) is 111 Å². The van der Waals surface area contributed by atoms with Crippen molar-refractivity contribution < 1.29 is 32.2 Å². The number of likely N-dealkylation sites (tertiary alicyclic amines) is 1. The number of esters is 1. The fourth-order valence-corrected chi connectivity index (χ4v) is 6.80. The number of amides is 1. The number of carbonyl (C=O) groups excluding carboxylic acids is 2. The van der Waals surface area contributed by atoms with Crippen LogP contribution < -0.4 is 10.1 Å². The van der Waals surface area contributed by atoms with E-state index in [1.807, 2.05) is 30.3 Å². The van der Waals surface area contributed by atoms with Gasteiger partial charge in [-0.15, -0.1) is 0 Å². The Balaban J connectivity index is 1.63. The Morgan fingerprint density at radius 2 is 1.77 bits per heavy atom. The third-order valence-electron chi connectivity index (χ3n) is 6.51. The average molecular weight is 503 g/mol. The van der Waals surface area contributed by atoms with Crippen LogP contribution in [0.1, 0.15) is 25.3 Å². The van der Waals surface area contributed by atoms with E-state index in [-0.39, 0.29) is 30.6 Å². The van der Waals surface area contributed by atoms with Crippen LogP contribution in [0.2, 0.25) is 0 Å². The number of methoxy groups -OCH3 is 1. The number of hydrogen-bond donors (Lipinski definition) is 1. The van der Waals surface area contributed by atoms with Gasteiger partial charge in [0.2, 0.25) is 9.84 Å². The maximum atomic E-state index is 13.9. The molecule has 9 nitrogen and oxygen atoms in total. The Kier molecular flexibility index (Phi) is 7.61. The molecule has 2 aromatic rings. The Morgan fingerprint density at radius 3 is 2.43 bits per heavy atom. The standard InChI is InChI=1S/C25H30N2O7S/c1-3-33-24(28)21-15-18-13-14-27(25(29)34-16-17-7-5-4-6-8-17)23(22(18)26-21)35(30,31)20-11-9-19(32-2)10-12-20/h4-12,18,21-23,26H,3,13-16H2,1-2H3/t18-,21-,22+,23?/m0/s1. The van der Waals surface area contributed by atoms with E-state index in [2.05, 4.69) is 5.32 Å². The van der Waals surface area contributed by atoms with Crippen LogP contribution in [0.4, 0.5) is 4.79 Å². The van der Waals surface area contributed by atoms with Gasteiger partial charge < -0.3 is 14.2 Å². The monoisotopic (exact) mass is 502 g/mol. The van der Waals surface area contributed by atoms with Gasteiger partial charge in [0, 0.05) is 12.6 Å². The highest BCUT2D eigenvalue weighted by Gasteiger charge is 2.53. The SMILES string of the molecule is CCOC(=O)[C@@H]1C[C@@H]2CCN(C(=O)OCc3ccccc3)C(S(=O)(=O)c3ccc(OC)cc3)[C@@H]2N1. The lowest BCUT2D eigenvalue weighted by atomic mass is 9.91. The zero-order chi connectivity index (χ0) is 25.0. The molecule has 10 heteroatoms. The molecule has 2 saturated heterocycles. The highest BCUT2D eigenvalue weighted by atomic mass is 32.2. The molecule has 0 saturated carbocycles. The fraction of sp³-hybridized carbons (Fsp3) is 0.440. The summed E-state index contributed by atoms with van der Waals surface area (Å²) in [6, 6.07) is 14.0. The minimum Gasteiger partial charge on any atom is -0.497 e. The second-order valence-electron chi connectivity index (χ2n) is 8.63. The largest absolute Gasteiger partial charge is 0.497 e. The van der Waals surface area contributed by atoms with Gasteiger partial charge in [-0.3, -0.25) is 15.0 Å². The summed E-state index contributed by atoms with van der Waals surface area (Å²) < 4.78 is 43.6. The van der Waals surface area contributed by atoms with Crippen LogP contribution in [0, 0.1) is 5.92 Å². The van der Waals surface area contributed by atoms with Crippen LogP contribution in [-0.4, -0.2) is 63.1 Å². The fourth-order valence-electron chi connectivity index (χ4n) is 4.79. The van der Waals surface area contributed by atoms with Crippen molar-refractivity contribution in [1.29, 1.82) is 0 Å². The number of sulfone groups is 1. The molecule has 4 rings (SSSR count). The molecule has 2 heterocycles. The van der Waals surface area contributed by atoms with E-state index in [9.17, 15) is 18.0 Å². The first kappa shape index (κ1) is 25.0. The number of rotatable bonds is 7. The second kappa shape index (κ2) is 10.7. The highest BCUT2D eigenvalue weighted by molar-refractivity contribution is 7.92. The molecule has 2 aliphatic rings. The van der Waals surface area contributed by atoms with Crippen molar-refractivity contribution in [2.75, 3.05) is 20.3 Å². The van der Waals surface area contributed by atoms with E-state index >= 15 is 0 Å². The van der Waals surface area contributed by atoms with Crippen molar-refractivity contribution in [1.82, 2.24) is 10.2 Å². The second-order valence-corrected chi connectivity index (χ2v) is 10.7. The van der Waals surface area contributed by atoms with Crippen molar-refractivity contribution in [3.8, 4) is 5.75 Å². The maximum Gasteiger partial charge on any atom is 0.411 e. The van der Waals surface area contributed by atoms with Gasteiger partial charge in [0.05, 0.1) is 18.6 Å². The van der Waals surface area contributed by atoms with Crippen molar-refractivity contribution in [2.24, 2.45) is 5.92 Å². The van der Waals surface area contributed by atoms with Crippen molar-refractivity contribution in [2.45, 2.75) is 48.7 Å². The van der Waals surface area contributed by atoms with Crippen LogP contribution >= 0.6 is 0 Å². The normalized spacial score (nSPS) is 23.9. The van der Waals surface area contributed by atoms with Crippen LogP contribution in [0.25, 0.3) is 0 Å². The van der Waals surface area contributed by atoms with Gasteiger partial charge in [-0.2, -0.15) is 0 Å². The summed E-state index contributed by atoms with van der Waals surface area (Å²) in [7, 11) is -2.53. The average Bonchev–Trinajstić information content (AvgIpc) is 3.32. The number of nitrogens with zero attached hydrogens (tertiary/aromatic N) is 1. The summed E-state index contributed by atoms with van der Waals surface area (Å²) >= 11 is 0. The van der Waals surface area contributed by atoms with Crippen LogP contribution in [-0.2, 0) is 30.7 Å². The lowest BCUT2D eigenvalue weighted by Gasteiger charge is -2.41. The lowest BCUT2D eigenvalue weighted by Crippen LogP contribution is -2.60. The molecule has 1 unspecified atom stereocenters. The van der Waals surface area contributed by atoms with Gasteiger partial charge in [-0.05, 0) is 55.5 Å². The lowest BCUT2D eigenvalue weighted by molar-refractivity contribution is -0.145. The van der Waals surface area contributed by atoms with Crippen molar-refractivity contribution in [3.63, 3.8) is 0 Å². The molecule has 35 heavy (non-hydrogen) atoms. The third-order valence-corrected chi connectivity index (χ3v) is 8.62. The molecular formula is C25H30N2O7S. The van der Waals surface area contributed by atoms with Crippen LogP contribution in [0.15, 0.2) is 59.5 Å². The number of carbonyl (C=O) groups is 2. The maximum absolute atomic E-state index is 13.9. The van der Waals surface area contributed by atoms with Gasteiger partial charge in [0.1, 0.15) is 18.4 Å². The molecule has 0 aliphatic carbocycles. The summed E-state index contributed by atoms with van der Waals surface area (Å²) in [6.07, 6.45) is 0.281. The van der Waals surface area contributed by atoms with Crippen molar-refractivity contribution in [3.05, 3.63) is 60.2 Å². The first-order chi connectivity index (χ1) is 16.8. The first-order valence-corrected chi connectivity index (χ1v) is 13.2. The molecule has 4 atom stereocenters. The Morgan fingerprint density at radius 1 is 1.06 bits per heavy atom.